The van der Waals surface area contributed by atoms with Gasteiger partial charge in [0.2, 0.25) is 0 Å². The molecule has 4 heteroatoms. The Kier molecular flexibility index (Phi) is 4.39. The molecule has 0 radical (unpaired) electrons. The molecule has 0 aliphatic carbocycles. The Hall–Kier alpha value is -2.33. The number of rotatable bonds is 4. The number of likely N-dealkylation sites (tertiary alicyclic amines) is 1. The van der Waals surface area contributed by atoms with Crippen LogP contribution in [0.5, 0.6) is 11.5 Å². The quantitative estimate of drug-likeness (QED) is 0.944. The van der Waals surface area contributed by atoms with Gasteiger partial charge in [0.05, 0.1) is 5.56 Å². The van der Waals surface area contributed by atoms with Crippen molar-refractivity contribution in [2.45, 2.75) is 6.42 Å². The highest BCUT2D eigenvalue weighted by molar-refractivity contribution is 5.97. The van der Waals surface area contributed by atoms with Gasteiger partial charge in [-0.2, -0.15) is 0 Å². The molecule has 1 N–H and O–H groups in total. The number of aliphatic hydroxyl groups is 1. The molecule has 1 aliphatic rings. The van der Waals surface area contributed by atoms with E-state index in [2.05, 4.69) is 0 Å². The maximum atomic E-state index is 12.7. The molecular weight excluding hydrogens is 278 g/mol. The molecular formula is C18H19NO3. The van der Waals surface area contributed by atoms with Gasteiger partial charge in [0.15, 0.2) is 0 Å². The summed E-state index contributed by atoms with van der Waals surface area (Å²) in [6.45, 7) is 1.42. The van der Waals surface area contributed by atoms with Crippen molar-refractivity contribution in [1.29, 1.82) is 0 Å². The summed E-state index contributed by atoms with van der Waals surface area (Å²) >= 11 is 0. The lowest BCUT2D eigenvalue weighted by molar-refractivity contribution is 0.0779. The minimum absolute atomic E-state index is 0.0394. The van der Waals surface area contributed by atoms with Gasteiger partial charge in [-0.15, -0.1) is 0 Å². The van der Waals surface area contributed by atoms with Crippen molar-refractivity contribution in [2.24, 2.45) is 5.92 Å². The third-order valence-corrected chi connectivity index (χ3v) is 3.92. The van der Waals surface area contributed by atoms with E-state index in [9.17, 15) is 9.90 Å². The van der Waals surface area contributed by atoms with Crippen LogP contribution in [0.1, 0.15) is 16.8 Å². The number of para-hydroxylation sites is 2. The SMILES string of the molecule is O=C(c1ccccc1Oc1ccccc1)N1CCC(CO)C1. The van der Waals surface area contributed by atoms with E-state index in [4.69, 9.17) is 4.74 Å². The zero-order valence-corrected chi connectivity index (χ0v) is 12.3. The van der Waals surface area contributed by atoms with E-state index in [1.807, 2.05) is 42.5 Å². The van der Waals surface area contributed by atoms with Crippen LogP contribution in [0.4, 0.5) is 0 Å². The smallest absolute Gasteiger partial charge is 0.257 e. The van der Waals surface area contributed by atoms with E-state index < -0.39 is 0 Å². The molecule has 2 aromatic rings. The number of aliphatic hydroxyl groups excluding tert-OH is 1. The predicted molar refractivity (Wildman–Crippen MR) is 84.1 cm³/mol. The third kappa shape index (κ3) is 3.12. The molecule has 0 saturated carbocycles. The topological polar surface area (TPSA) is 49.8 Å². The lowest BCUT2D eigenvalue weighted by Gasteiger charge is -2.18. The fraction of sp³-hybridized carbons (Fsp3) is 0.278. The number of ether oxygens (including phenoxy) is 1. The van der Waals surface area contributed by atoms with Gasteiger partial charge in [0.1, 0.15) is 11.5 Å². The lowest BCUT2D eigenvalue weighted by Crippen LogP contribution is -2.29. The van der Waals surface area contributed by atoms with E-state index in [1.165, 1.54) is 0 Å². The summed E-state index contributed by atoms with van der Waals surface area (Å²) in [4.78, 5) is 14.5. The Morgan fingerprint density at radius 3 is 2.59 bits per heavy atom. The highest BCUT2D eigenvalue weighted by atomic mass is 16.5. The Morgan fingerprint density at radius 2 is 1.86 bits per heavy atom. The van der Waals surface area contributed by atoms with Crippen LogP contribution in [0.25, 0.3) is 0 Å². The van der Waals surface area contributed by atoms with Crippen molar-refractivity contribution >= 4 is 5.91 Å². The summed E-state index contributed by atoms with van der Waals surface area (Å²) in [6.07, 6.45) is 0.851. The van der Waals surface area contributed by atoms with Crippen LogP contribution in [-0.4, -0.2) is 35.6 Å². The largest absolute Gasteiger partial charge is 0.457 e. The van der Waals surface area contributed by atoms with Crippen molar-refractivity contribution in [3.05, 3.63) is 60.2 Å². The summed E-state index contributed by atoms with van der Waals surface area (Å²) < 4.78 is 5.85. The van der Waals surface area contributed by atoms with Crippen molar-refractivity contribution in [3.63, 3.8) is 0 Å². The van der Waals surface area contributed by atoms with Gasteiger partial charge >= 0.3 is 0 Å². The van der Waals surface area contributed by atoms with Crippen LogP contribution in [-0.2, 0) is 0 Å². The first-order valence-electron chi connectivity index (χ1n) is 7.50. The van der Waals surface area contributed by atoms with Crippen LogP contribution in [0.2, 0.25) is 0 Å². The van der Waals surface area contributed by atoms with Crippen molar-refractivity contribution in [3.8, 4) is 11.5 Å². The number of carbonyl (C=O) groups excluding carboxylic acids is 1. The summed E-state index contributed by atoms with van der Waals surface area (Å²) in [5.74, 6) is 1.41. The molecule has 1 fully saturated rings. The number of amides is 1. The molecule has 4 nitrogen and oxygen atoms in total. The third-order valence-electron chi connectivity index (χ3n) is 3.92. The first-order chi connectivity index (χ1) is 10.8. The maximum Gasteiger partial charge on any atom is 0.257 e. The molecule has 0 spiro atoms. The molecule has 22 heavy (non-hydrogen) atoms. The summed E-state index contributed by atoms with van der Waals surface area (Å²) in [5, 5.41) is 9.22. The second-order valence-electron chi connectivity index (χ2n) is 5.50. The van der Waals surface area contributed by atoms with Crippen LogP contribution >= 0.6 is 0 Å². The van der Waals surface area contributed by atoms with Crippen LogP contribution in [0.3, 0.4) is 0 Å². The molecule has 114 valence electrons. The molecule has 0 bridgehead atoms. The van der Waals surface area contributed by atoms with Crippen molar-refractivity contribution < 1.29 is 14.6 Å². The molecule has 1 saturated heterocycles. The molecule has 1 aliphatic heterocycles. The maximum absolute atomic E-state index is 12.7. The Balaban J connectivity index is 1.80. The highest BCUT2D eigenvalue weighted by Crippen LogP contribution is 2.27. The van der Waals surface area contributed by atoms with E-state index in [1.54, 1.807) is 17.0 Å². The predicted octanol–water partition coefficient (Wildman–Crippen LogP) is 2.93. The Bertz CT molecular complexity index is 642. The zero-order valence-electron chi connectivity index (χ0n) is 12.3. The van der Waals surface area contributed by atoms with Gasteiger partial charge in [-0.25, -0.2) is 0 Å². The van der Waals surface area contributed by atoms with Crippen molar-refractivity contribution in [2.75, 3.05) is 19.7 Å². The molecule has 1 heterocycles. The average Bonchev–Trinajstić information content (AvgIpc) is 3.05. The van der Waals surface area contributed by atoms with Gasteiger partial charge in [-0.1, -0.05) is 30.3 Å². The molecule has 0 aromatic heterocycles. The Labute approximate surface area is 130 Å². The van der Waals surface area contributed by atoms with E-state index >= 15 is 0 Å². The zero-order chi connectivity index (χ0) is 15.4. The van der Waals surface area contributed by atoms with E-state index in [-0.39, 0.29) is 18.4 Å². The Morgan fingerprint density at radius 1 is 1.14 bits per heavy atom. The fourth-order valence-electron chi connectivity index (χ4n) is 2.68. The van der Waals surface area contributed by atoms with Gasteiger partial charge in [0, 0.05) is 25.6 Å². The summed E-state index contributed by atoms with van der Waals surface area (Å²) in [7, 11) is 0. The lowest BCUT2D eigenvalue weighted by atomic mass is 10.1. The minimum Gasteiger partial charge on any atom is -0.457 e. The van der Waals surface area contributed by atoms with Gasteiger partial charge in [-0.05, 0) is 30.7 Å². The van der Waals surface area contributed by atoms with E-state index in [0.29, 0.717) is 30.2 Å². The normalized spacial score (nSPS) is 17.5. The summed E-state index contributed by atoms with van der Waals surface area (Å²) in [6, 6.07) is 16.7. The summed E-state index contributed by atoms with van der Waals surface area (Å²) in [5.41, 5.74) is 0.560. The van der Waals surface area contributed by atoms with Gasteiger partial charge < -0.3 is 14.7 Å². The van der Waals surface area contributed by atoms with Gasteiger partial charge in [-0.3, -0.25) is 4.79 Å². The first kappa shape index (κ1) is 14.6. The van der Waals surface area contributed by atoms with Crippen LogP contribution in [0, 0.1) is 5.92 Å². The highest BCUT2D eigenvalue weighted by Gasteiger charge is 2.27. The first-order valence-corrected chi connectivity index (χ1v) is 7.50. The standard InChI is InChI=1S/C18H19NO3/c20-13-14-10-11-19(12-14)18(21)16-8-4-5-9-17(16)22-15-6-2-1-3-7-15/h1-9,14,20H,10-13H2. The molecule has 3 rings (SSSR count). The number of benzene rings is 2. The number of hydrogen-bond donors (Lipinski definition) is 1. The number of hydrogen-bond acceptors (Lipinski definition) is 3. The fourth-order valence-corrected chi connectivity index (χ4v) is 2.68. The average molecular weight is 297 g/mol. The van der Waals surface area contributed by atoms with E-state index in [0.717, 1.165) is 6.42 Å². The van der Waals surface area contributed by atoms with Crippen molar-refractivity contribution in [1.82, 2.24) is 4.90 Å². The molecule has 1 amide bonds. The van der Waals surface area contributed by atoms with Crippen LogP contribution < -0.4 is 4.74 Å². The minimum atomic E-state index is -0.0394. The second kappa shape index (κ2) is 6.62. The molecule has 1 atom stereocenters. The molecule has 2 aromatic carbocycles. The monoisotopic (exact) mass is 297 g/mol. The van der Waals surface area contributed by atoms with Gasteiger partial charge in [0.25, 0.3) is 5.91 Å². The molecule has 1 unspecified atom stereocenters. The number of nitrogens with zero attached hydrogens (tertiary/aromatic N) is 1. The number of carbonyl (C=O) groups is 1. The van der Waals surface area contributed by atoms with Crippen LogP contribution in [0.15, 0.2) is 54.6 Å². The second-order valence-corrected chi connectivity index (χ2v) is 5.50.